The number of sulfonamides is 1. The number of nitrogens with zero attached hydrogens (tertiary/aromatic N) is 2. The van der Waals surface area contributed by atoms with Crippen LogP contribution >= 0.6 is 0 Å². The minimum absolute atomic E-state index is 0.318. The molecule has 0 bridgehead atoms. The molecule has 0 radical (unpaired) electrons. The van der Waals surface area contributed by atoms with Crippen LogP contribution in [0.25, 0.3) is 0 Å². The molecule has 0 aromatic heterocycles. The molecule has 0 unspecified atom stereocenters. The zero-order chi connectivity index (χ0) is 23.3. The molecule has 2 aromatic carbocycles. The van der Waals surface area contributed by atoms with Gasteiger partial charge in [-0.3, -0.25) is 14.0 Å². The van der Waals surface area contributed by atoms with Gasteiger partial charge in [-0.2, -0.15) is 0 Å². The van der Waals surface area contributed by atoms with Crippen LogP contribution in [0.4, 0.5) is 5.69 Å². The van der Waals surface area contributed by atoms with Crippen LogP contribution in [0.5, 0.6) is 0 Å². The van der Waals surface area contributed by atoms with Gasteiger partial charge in [0.15, 0.2) is 0 Å². The van der Waals surface area contributed by atoms with Gasteiger partial charge in [-0.1, -0.05) is 36.8 Å². The number of amides is 1. The lowest BCUT2D eigenvalue weighted by Crippen LogP contribution is -2.47. The minimum Gasteiger partial charge on any atom is -0.350 e. The van der Waals surface area contributed by atoms with Crippen molar-refractivity contribution < 1.29 is 13.2 Å². The molecular weight excluding hydrogens is 422 g/mol. The van der Waals surface area contributed by atoms with Crippen LogP contribution in [-0.2, 0) is 27.9 Å². The fourth-order valence-corrected chi connectivity index (χ4v) is 5.41. The van der Waals surface area contributed by atoms with Crippen LogP contribution in [-0.4, -0.2) is 44.6 Å². The highest BCUT2D eigenvalue weighted by Gasteiger charge is 2.29. The number of aryl methyl sites for hydroxylation is 2. The normalized spacial score (nSPS) is 15.9. The Balaban J connectivity index is 1.72. The molecule has 1 fully saturated rings. The van der Waals surface area contributed by atoms with E-state index in [4.69, 9.17) is 0 Å². The van der Waals surface area contributed by atoms with Crippen molar-refractivity contribution in [3.05, 3.63) is 64.7 Å². The van der Waals surface area contributed by atoms with E-state index in [1.165, 1.54) is 29.1 Å². The van der Waals surface area contributed by atoms with Gasteiger partial charge in [0.2, 0.25) is 15.9 Å². The summed E-state index contributed by atoms with van der Waals surface area (Å²) in [5.41, 5.74) is 4.83. The van der Waals surface area contributed by atoms with E-state index in [-0.39, 0.29) is 5.91 Å². The highest BCUT2D eigenvalue weighted by atomic mass is 32.2. The molecule has 0 aliphatic carbocycles. The Bertz CT molecular complexity index is 1050. The smallest absolute Gasteiger partial charge is 0.243 e. The van der Waals surface area contributed by atoms with Crippen LogP contribution in [0.2, 0.25) is 0 Å². The van der Waals surface area contributed by atoms with E-state index in [2.05, 4.69) is 16.3 Å². The summed E-state index contributed by atoms with van der Waals surface area (Å²) in [4.78, 5) is 15.5. The summed E-state index contributed by atoms with van der Waals surface area (Å²) in [6.07, 6.45) is 4.90. The van der Waals surface area contributed by atoms with Gasteiger partial charge in [0, 0.05) is 13.1 Å². The molecule has 32 heavy (non-hydrogen) atoms. The van der Waals surface area contributed by atoms with Crippen molar-refractivity contribution in [3.8, 4) is 0 Å². The van der Waals surface area contributed by atoms with Crippen molar-refractivity contribution in [2.45, 2.75) is 59.2 Å². The monoisotopic (exact) mass is 457 g/mol. The highest BCUT2D eigenvalue weighted by molar-refractivity contribution is 7.92. The quantitative estimate of drug-likeness (QED) is 0.655. The zero-order valence-electron chi connectivity index (χ0n) is 19.6. The predicted molar refractivity (Wildman–Crippen MR) is 130 cm³/mol. The van der Waals surface area contributed by atoms with Crippen LogP contribution in [0.1, 0.15) is 48.4 Å². The van der Waals surface area contributed by atoms with Crippen molar-refractivity contribution in [1.82, 2.24) is 10.2 Å². The third kappa shape index (κ3) is 6.11. The second-order valence-corrected chi connectivity index (χ2v) is 10.7. The summed E-state index contributed by atoms with van der Waals surface area (Å²) in [6, 6.07) is 12.7. The van der Waals surface area contributed by atoms with Crippen LogP contribution in [0.15, 0.2) is 42.5 Å². The lowest BCUT2D eigenvalue weighted by Gasteiger charge is -2.29. The maximum absolute atomic E-state index is 13.0. The SMILES string of the molecule is Cc1ccc(N([C@H](C)C(=O)NCc2ccccc2CN2CCCCC2)S(C)(=O)=O)cc1C. The summed E-state index contributed by atoms with van der Waals surface area (Å²) in [6.45, 7) is 9.00. The van der Waals surface area contributed by atoms with Gasteiger partial charge in [0.05, 0.1) is 11.9 Å². The first-order chi connectivity index (χ1) is 15.2. The lowest BCUT2D eigenvalue weighted by molar-refractivity contribution is -0.122. The van der Waals surface area contributed by atoms with E-state index in [9.17, 15) is 13.2 Å². The maximum atomic E-state index is 13.0. The number of benzene rings is 2. The molecule has 3 rings (SSSR count). The molecule has 7 heteroatoms. The maximum Gasteiger partial charge on any atom is 0.243 e. The van der Waals surface area contributed by atoms with E-state index < -0.39 is 16.1 Å². The second kappa shape index (κ2) is 10.5. The molecule has 2 aromatic rings. The summed E-state index contributed by atoms with van der Waals surface area (Å²) < 4.78 is 26.3. The summed E-state index contributed by atoms with van der Waals surface area (Å²) >= 11 is 0. The van der Waals surface area contributed by atoms with Crippen LogP contribution in [0.3, 0.4) is 0 Å². The number of carbonyl (C=O) groups excluding carboxylic acids is 1. The Labute approximate surface area is 192 Å². The van der Waals surface area contributed by atoms with Gasteiger partial charge in [-0.25, -0.2) is 8.42 Å². The summed E-state index contributed by atoms with van der Waals surface area (Å²) in [5.74, 6) is -0.318. The molecule has 1 heterocycles. The van der Waals surface area contributed by atoms with Gasteiger partial charge in [0.25, 0.3) is 0 Å². The topological polar surface area (TPSA) is 69.7 Å². The van der Waals surface area contributed by atoms with Gasteiger partial charge in [-0.15, -0.1) is 0 Å². The molecule has 174 valence electrons. The first-order valence-corrected chi connectivity index (χ1v) is 13.1. The van der Waals surface area contributed by atoms with E-state index >= 15 is 0 Å². The van der Waals surface area contributed by atoms with Crippen molar-refractivity contribution in [2.75, 3.05) is 23.7 Å². The summed E-state index contributed by atoms with van der Waals surface area (Å²) in [7, 11) is -3.64. The average molecular weight is 458 g/mol. The molecular formula is C25H35N3O3S. The van der Waals surface area contributed by atoms with Crippen molar-refractivity contribution >= 4 is 21.6 Å². The molecule has 0 spiro atoms. The highest BCUT2D eigenvalue weighted by Crippen LogP contribution is 2.24. The Morgan fingerprint density at radius 2 is 1.69 bits per heavy atom. The lowest BCUT2D eigenvalue weighted by atomic mass is 10.0. The Morgan fingerprint density at radius 1 is 1.03 bits per heavy atom. The van der Waals surface area contributed by atoms with Gasteiger partial charge in [-0.05, 0) is 81.1 Å². The number of hydrogen-bond donors (Lipinski definition) is 1. The van der Waals surface area contributed by atoms with Crippen molar-refractivity contribution in [3.63, 3.8) is 0 Å². The Hall–Kier alpha value is -2.38. The van der Waals surface area contributed by atoms with E-state index in [1.54, 1.807) is 13.0 Å². The standard InChI is InChI=1S/C25H35N3O3S/c1-19-12-13-24(16-20(19)2)28(32(4,30)31)21(3)25(29)26-17-22-10-6-7-11-23(22)18-27-14-8-5-9-15-27/h6-7,10-13,16,21H,5,8-9,14-15,17-18H2,1-4H3,(H,26,29)/t21-/m1/s1. The van der Waals surface area contributed by atoms with E-state index in [0.29, 0.717) is 12.2 Å². The van der Waals surface area contributed by atoms with Crippen molar-refractivity contribution in [1.29, 1.82) is 0 Å². The Kier molecular flexibility index (Phi) is 7.96. The largest absolute Gasteiger partial charge is 0.350 e. The fraction of sp³-hybridized carbons (Fsp3) is 0.480. The summed E-state index contributed by atoms with van der Waals surface area (Å²) in [5, 5.41) is 2.96. The molecule has 1 atom stereocenters. The van der Waals surface area contributed by atoms with Gasteiger partial charge >= 0.3 is 0 Å². The number of anilines is 1. The van der Waals surface area contributed by atoms with E-state index in [0.717, 1.165) is 42.6 Å². The van der Waals surface area contributed by atoms with Crippen molar-refractivity contribution in [2.24, 2.45) is 0 Å². The number of nitrogens with one attached hydrogen (secondary N) is 1. The van der Waals surface area contributed by atoms with Gasteiger partial charge in [0.1, 0.15) is 6.04 Å². The molecule has 1 saturated heterocycles. The Morgan fingerprint density at radius 3 is 2.31 bits per heavy atom. The molecule has 1 N–H and O–H groups in total. The molecule has 1 amide bonds. The molecule has 6 nitrogen and oxygen atoms in total. The molecule has 1 aliphatic heterocycles. The second-order valence-electron chi connectivity index (χ2n) is 8.83. The first kappa shape index (κ1) is 24.3. The number of hydrogen-bond acceptors (Lipinski definition) is 4. The van der Waals surface area contributed by atoms with Gasteiger partial charge < -0.3 is 5.32 Å². The minimum atomic E-state index is -3.64. The number of likely N-dealkylation sites (tertiary alicyclic amines) is 1. The number of piperidine rings is 1. The molecule has 0 saturated carbocycles. The average Bonchev–Trinajstić information content (AvgIpc) is 2.75. The van der Waals surface area contributed by atoms with Crippen LogP contribution in [0, 0.1) is 13.8 Å². The molecule has 1 aliphatic rings. The third-order valence-electron chi connectivity index (χ3n) is 6.25. The third-order valence-corrected chi connectivity index (χ3v) is 7.49. The fourth-order valence-electron chi connectivity index (χ4n) is 4.24. The number of rotatable bonds is 8. The first-order valence-electron chi connectivity index (χ1n) is 11.3. The van der Waals surface area contributed by atoms with Crippen LogP contribution < -0.4 is 9.62 Å². The predicted octanol–water partition coefficient (Wildman–Crippen LogP) is 3.76. The number of carbonyl (C=O) groups is 1. The zero-order valence-corrected chi connectivity index (χ0v) is 20.4. The van der Waals surface area contributed by atoms with E-state index in [1.807, 2.05) is 44.2 Å².